The molecule has 2 heterocycles. The first-order valence-corrected chi connectivity index (χ1v) is 8.51. The second-order valence-electron chi connectivity index (χ2n) is 6.17. The zero-order chi connectivity index (χ0) is 18.6. The molecule has 136 valence electrons. The van der Waals surface area contributed by atoms with E-state index in [0.29, 0.717) is 29.5 Å². The molecule has 0 saturated carbocycles. The standard InChI is InChI=1S/C20H18N4O3/c1-13-3-2-4-14(9-13)11-21-19-8-6-16(23-24-19)20(25)22-15-5-7-17-18(10-15)27-12-26-17/h2-10H,11-12H2,1H3,(H,21,24)(H,22,25). The van der Waals surface area contributed by atoms with Crippen molar-refractivity contribution in [3.05, 3.63) is 71.4 Å². The number of rotatable bonds is 5. The molecule has 7 nitrogen and oxygen atoms in total. The maximum Gasteiger partial charge on any atom is 0.276 e. The lowest BCUT2D eigenvalue weighted by Gasteiger charge is -2.07. The minimum absolute atomic E-state index is 0.190. The van der Waals surface area contributed by atoms with Gasteiger partial charge in [0, 0.05) is 18.3 Å². The number of hydrogen-bond donors (Lipinski definition) is 2. The van der Waals surface area contributed by atoms with Gasteiger partial charge in [0.1, 0.15) is 5.82 Å². The molecule has 4 rings (SSSR count). The number of hydrogen-bond acceptors (Lipinski definition) is 6. The number of anilines is 2. The summed E-state index contributed by atoms with van der Waals surface area (Å²) in [5.41, 5.74) is 3.19. The Morgan fingerprint density at radius 1 is 1.04 bits per heavy atom. The summed E-state index contributed by atoms with van der Waals surface area (Å²) in [7, 11) is 0. The third-order valence-corrected chi connectivity index (χ3v) is 4.08. The third kappa shape index (κ3) is 3.98. The van der Waals surface area contributed by atoms with Gasteiger partial charge in [-0.3, -0.25) is 4.79 Å². The number of aryl methyl sites for hydroxylation is 1. The first-order chi connectivity index (χ1) is 13.2. The van der Waals surface area contributed by atoms with Crippen LogP contribution in [0.5, 0.6) is 11.5 Å². The van der Waals surface area contributed by atoms with Gasteiger partial charge in [-0.25, -0.2) is 0 Å². The molecular weight excluding hydrogens is 344 g/mol. The van der Waals surface area contributed by atoms with E-state index in [1.807, 2.05) is 12.1 Å². The summed E-state index contributed by atoms with van der Waals surface area (Å²) in [5, 5.41) is 14.0. The second-order valence-corrected chi connectivity index (χ2v) is 6.17. The van der Waals surface area contributed by atoms with Crippen molar-refractivity contribution >= 4 is 17.4 Å². The molecule has 2 aromatic carbocycles. The first-order valence-electron chi connectivity index (χ1n) is 8.51. The second kappa shape index (κ2) is 7.33. The molecule has 0 atom stereocenters. The van der Waals surface area contributed by atoms with Crippen molar-refractivity contribution in [1.29, 1.82) is 0 Å². The fourth-order valence-corrected chi connectivity index (χ4v) is 2.73. The lowest BCUT2D eigenvalue weighted by atomic mass is 10.1. The van der Waals surface area contributed by atoms with E-state index in [2.05, 4.69) is 39.9 Å². The molecule has 27 heavy (non-hydrogen) atoms. The Labute approximate surface area is 156 Å². The summed E-state index contributed by atoms with van der Waals surface area (Å²) < 4.78 is 10.6. The van der Waals surface area contributed by atoms with Gasteiger partial charge >= 0.3 is 0 Å². The number of nitrogens with one attached hydrogen (secondary N) is 2. The molecule has 0 bridgehead atoms. The quantitative estimate of drug-likeness (QED) is 0.724. The fourth-order valence-electron chi connectivity index (χ4n) is 2.73. The van der Waals surface area contributed by atoms with Gasteiger partial charge in [-0.1, -0.05) is 29.8 Å². The SMILES string of the molecule is Cc1cccc(CNc2ccc(C(=O)Nc3ccc4c(c3)OCO4)nn2)c1. The summed E-state index contributed by atoms with van der Waals surface area (Å²) >= 11 is 0. The van der Waals surface area contributed by atoms with E-state index in [-0.39, 0.29) is 18.4 Å². The number of benzene rings is 2. The molecule has 3 aromatic rings. The first kappa shape index (κ1) is 16.8. The van der Waals surface area contributed by atoms with Crippen molar-refractivity contribution < 1.29 is 14.3 Å². The number of amides is 1. The average Bonchev–Trinajstić information content (AvgIpc) is 3.15. The van der Waals surface area contributed by atoms with Gasteiger partial charge in [0.2, 0.25) is 6.79 Å². The number of carbonyl (C=O) groups excluding carboxylic acids is 1. The predicted molar refractivity (Wildman–Crippen MR) is 101 cm³/mol. The molecular formula is C20H18N4O3. The van der Waals surface area contributed by atoms with Crippen LogP contribution in [0.4, 0.5) is 11.5 Å². The maximum atomic E-state index is 12.3. The highest BCUT2D eigenvalue weighted by molar-refractivity contribution is 6.03. The van der Waals surface area contributed by atoms with Crippen LogP contribution in [-0.4, -0.2) is 22.9 Å². The average molecular weight is 362 g/mol. The lowest BCUT2D eigenvalue weighted by Crippen LogP contribution is -2.14. The number of carbonyl (C=O) groups is 1. The Bertz CT molecular complexity index is 973. The summed E-state index contributed by atoms with van der Waals surface area (Å²) in [4.78, 5) is 12.3. The number of fused-ring (bicyclic) bond motifs is 1. The van der Waals surface area contributed by atoms with Crippen molar-refractivity contribution in [2.45, 2.75) is 13.5 Å². The van der Waals surface area contributed by atoms with Crippen molar-refractivity contribution in [3.8, 4) is 11.5 Å². The highest BCUT2D eigenvalue weighted by atomic mass is 16.7. The molecule has 2 N–H and O–H groups in total. The van der Waals surface area contributed by atoms with Crippen LogP contribution in [0.2, 0.25) is 0 Å². The van der Waals surface area contributed by atoms with Crippen molar-refractivity contribution in [3.63, 3.8) is 0 Å². The molecule has 7 heteroatoms. The monoisotopic (exact) mass is 362 g/mol. The molecule has 0 fully saturated rings. The number of ether oxygens (including phenoxy) is 2. The van der Waals surface area contributed by atoms with Gasteiger partial charge < -0.3 is 20.1 Å². The molecule has 1 aromatic heterocycles. The molecule has 0 radical (unpaired) electrons. The highest BCUT2D eigenvalue weighted by Crippen LogP contribution is 2.34. The van der Waals surface area contributed by atoms with E-state index in [1.165, 1.54) is 5.56 Å². The van der Waals surface area contributed by atoms with E-state index in [1.54, 1.807) is 30.3 Å². The predicted octanol–water partition coefficient (Wildman–Crippen LogP) is 3.38. The Kier molecular flexibility index (Phi) is 4.57. The van der Waals surface area contributed by atoms with E-state index in [4.69, 9.17) is 9.47 Å². The molecule has 0 spiro atoms. The van der Waals surface area contributed by atoms with E-state index >= 15 is 0 Å². The minimum Gasteiger partial charge on any atom is -0.454 e. The van der Waals surface area contributed by atoms with Crippen LogP contribution in [0.3, 0.4) is 0 Å². The van der Waals surface area contributed by atoms with Gasteiger partial charge in [-0.2, -0.15) is 0 Å². The third-order valence-electron chi connectivity index (χ3n) is 4.08. The molecule has 1 aliphatic rings. The molecule has 1 aliphatic heterocycles. The van der Waals surface area contributed by atoms with Gasteiger partial charge in [-0.15, -0.1) is 10.2 Å². The normalized spacial score (nSPS) is 11.9. The number of nitrogens with zero attached hydrogens (tertiary/aromatic N) is 2. The highest BCUT2D eigenvalue weighted by Gasteiger charge is 2.15. The van der Waals surface area contributed by atoms with Crippen LogP contribution in [0.15, 0.2) is 54.6 Å². The summed E-state index contributed by atoms with van der Waals surface area (Å²) in [5.74, 6) is 1.54. The Morgan fingerprint density at radius 3 is 2.74 bits per heavy atom. The fraction of sp³-hybridized carbons (Fsp3) is 0.150. The van der Waals surface area contributed by atoms with Gasteiger partial charge in [0.15, 0.2) is 17.2 Å². The van der Waals surface area contributed by atoms with Crippen LogP contribution in [0.25, 0.3) is 0 Å². The largest absolute Gasteiger partial charge is 0.454 e. The zero-order valence-electron chi connectivity index (χ0n) is 14.7. The van der Waals surface area contributed by atoms with Crippen LogP contribution in [-0.2, 0) is 6.54 Å². The van der Waals surface area contributed by atoms with Gasteiger partial charge in [0.05, 0.1) is 0 Å². The van der Waals surface area contributed by atoms with Crippen LogP contribution < -0.4 is 20.1 Å². The lowest BCUT2D eigenvalue weighted by molar-refractivity contribution is 0.102. The number of aromatic nitrogens is 2. The Balaban J connectivity index is 1.37. The summed E-state index contributed by atoms with van der Waals surface area (Å²) in [6, 6.07) is 16.8. The molecule has 0 saturated heterocycles. The van der Waals surface area contributed by atoms with Crippen molar-refractivity contribution in [1.82, 2.24) is 10.2 Å². The molecule has 0 aliphatic carbocycles. The Hall–Kier alpha value is -3.61. The van der Waals surface area contributed by atoms with Crippen LogP contribution in [0.1, 0.15) is 21.6 Å². The smallest absolute Gasteiger partial charge is 0.276 e. The minimum atomic E-state index is -0.341. The van der Waals surface area contributed by atoms with E-state index in [9.17, 15) is 4.79 Å². The van der Waals surface area contributed by atoms with Crippen molar-refractivity contribution in [2.24, 2.45) is 0 Å². The molecule has 1 amide bonds. The Morgan fingerprint density at radius 2 is 1.93 bits per heavy atom. The summed E-state index contributed by atoms with van der Waals surface area (Å²) in [6.07, 6.45) is 0. The topological polar surface area (TPSA) is 85.4 Å². The summed E-state index contributed by atoms with van der Waals surface area (Å²) in [6.45, 7) is 2.88. The van der Waals surface area contributed by atoms with Crippen LogP contribution >= 0.6 is 0 Å². The van der Waals surface area contributed by atoms with Gasteiger partial charge in [-0.05, 0) is 36.8 Å². The molecule has 0 unspecified atom stereocenters. The maximum absolute atomic E-state index is 12.3. The van der Waals surface area contributed by atoms with Gasteiger partial charge in [0.25, 0.3) is 5.91 Å². The zero-order valence-corrected chi connectivity index (χ0v) is 14.7. The van der Waals surface area contributed by atoms with E-state index < -0.39 is 0 Å². The van der Waals surface area contributed by atoms with E-state index in [0.717, 1.165) is 5.56 Å². The van der Waals surface area contributed by atoms with Crippen LogP contribution in [0, 0.1) is 6.92 Å². The van der Waals surface area contributed by atoms with Crippen molar-refractivity contribution in [2.75, 3.05) is 17.4 Å².